The summed E-state index contributed by atoms with van der Waals surface area (Å²) in [6, 6.07) is 9.90. The van der Waals surface area contributed by atoms with E-state index >= 15 is 0 Å². The van der Waals surface area contributed by atoms with Gasteiger partial charge in [0.05, 0.1) is 16.1 Å². The molecule has 1 atom stereocenters. The second kappa shape index (κ2) is 8.06. The van der Waals surface area contributed by atoms with Gasteiger partial charge < -0.3 is 10.6 Å². The number of halogens is 1. The van der Waals surface area contributed by atoms with E-state index in [1.165, 1.54) is 19.1 Å². The fourth-order valence-corrected chi connectivity index (χ4v) is 4.43. The standard InChI is InChI=1S/C19H22FN3O3S/c1-13-11-14(20)8-9-18(13)27(25,26)23-17-7-3-2-6-16(17)19(24)22-15-5-4-10-21-12-15/h2-3,6-9,11,15,21,23H,4-5,10,12H2,1H3,(H,22,24). The molecule has 6 nitrogen and oxygen atoms in total. The third-order valence-electron chi connectivity index (χ3n) is 4.47. The molecular weight excluding hydrogens is 369 g/mol. The van der Waals surface area contributed by atoms with Gasteiger partial charge in [-0.25, -0.2) is 12.8 Å². The molecule has 3 rings (SSSR count). The highest BCUT2D eigenvalue weighted by Gasteiger charge is 2.22. The number of para-hydroxylation sites is 1. The molecule has 0 aromatic heterocycles. The highest BCUT2D eigenvalue weighted by molar-refractivity contribution is 7.92. The maximum Gasteiger partial charge on any atom is 0.262 e. The minimum Gasteiger partial charge on any atom is -0.348 e. The largest absolute Gasteiger partial charge is 0.348 e. The van der Waals surface area contributed by atoms with Gasteiger partial charge in [-0.1, -0.05) is 12.1 Å². The topological polar surface area (TPSA) is 87.3 Å². The summed E-state index contributed by atoms with van der Waals surface area (Å²) in [6.07, 6.45) is 1.85. The van der Waals surface area contributed by atoms with Gasteiger partial charge in [0.2, 0.25) is 0 Å². The molecule has 1 unspecified atom stereocenters. The molecule has 0 aliphatic carbocycles. The van der Waals surface area contributed by atoms with Crippen molar-refractivity contribution in [2.24, 2.45) is 0 Å². The Morgan fingerprint density at radius 3 is 2.70 bits per heavy atom. The van der Waals surface area contributed by atoms with Crippen LogP contribution in [0.4, 0.5) is 10.1 Å². The van der Waals surface area contributed by atoms with Crippen LogP contribution in [-0.4, -0.2) is 33.5 Å². The quantitative estimate of drug-likeness (QED) is 0.731. The second-order valence-electron chi connectivity index (χ2n) is 6.58. The number of hydrogen-bond donors (Lipinski definition) is 3. The number of hydrogen-bond acceptors (Lipinski definition) is 4. The van der Waals surface area contributed by atoms with Gasteiger partial charge in [-0.3, -0.25) is 9.52 Å². The Morgan fingerprint density at radius 1 is 1.22 bits per heavy atom. The average Bonchev–Trinajstić information content (AvgIpc) is 2.62. The Morgan fingerprint density at radius 2 is 2.00 bits per heavy atom. The first-order valence-corrected chi connectivity index (χ1v) is 10.2. The lowest BCUT2D eigenvalue weighted by atomic mass is 10.1. The number of rotatable bonds is 5. The van der Waals surface area contributed by atoms with Crippen LogP contribution in [-0.2, 0) is 10.0 Å². The fourth-order valence-electron chi connectivity index (χ4n) is 3.12. The van der Waals surface area contributed by atoms with Crippen LogP contribution >= 0.6 is 0 Å². The molecule has 1 fully saturated rings. The van der Waals surface area contributed by atoms with Gasteiger partial charge in [0.15, 0.2) is 0 Å². The predicted octanol–water partition coefficient (Wildman–Crippen LogP) is 2.42. The van der Waals surface area contributed by atoms with Crippen LogP contribution in [0, 0.1) is 12.7 Å². The van der Waals surface area contributed by atoms with Gasteiger partial charge in [-0.2, -0.15) is 0 Å². The first-order valence-electron chi connectivity index (χ1n) is 8.76. The van der Waals surface area contributed by atoms with E-state index < -0.39 is 15.8 Å². The lowest BCUT2D eigenvalue weighted by Crippen LogP contribution is -2.45. The van der Waals surface area contributed by atoms with E-state index in [2.05, 4.69) is 15.4 Å². The SMILES string of the molecule is Cc1cc(F)ccc1S(=O)(=O)Nc1ccccc1C(=O)NC1CCCNC1. The van der Waals surface area contributed by atoms with Crippen LogP contribution in [0.2, 0.25) is 0 Å². The van der Waals surface area contributed by atoms with Crippen molar-refractivity contribution in [3.05, 3.63) is 59.4 Å². The Labute approximate surface area is 158 Å². The summed E-state index contributed by atoms with van der Waals surface area (Å²) in [5, 5.41) is 6.15. The van der Waals surface area contributed by atoms with E-state index in [4.69, 9.17) is 0 Å². The third kappa shape index (κ3) is 4.64. The number of carbonyl (C=O) groups is 1. The molecule has 2 aromatic carbocycles. The monoisotopic (exact) mass is 391 g/mol. The lowest BCUT2D eigenvalue weighted by Gasteiger charge is -2.24. The molecule has 1 amide bonds. The summed E-state index contributed by atoms with van der Waals surface area (Å²) >= 11 is 0. The maximum atomic E-state index is 13.3. The van der Waals surface area contributed by atoms with Crippen LogP contribution in [0.15, 0.2) is 47.4 Å². The molecule has 27 heavy (non-hydrogen) atoms. The van der Waals surface area contributed by atoms with Crippen molar-refractivity contribution >= 4 is 21.6 Å². The van der Waals surface area contributed by atoms with E-state index in [0.717, 1.165) is 31.5 Å². The van der Waals surface area contributed by atoms with Gasteiger partial charge in [0.1, 0.15) is 5.82 Å². The maximum absolute atomic E-state index is 13.3. The van der Waals surface area contributed by atoms with E-state index in [1.807, 2.05) is 0 Å². The summed E-state index contributed by atoms with van der Waals surface area (Å²) in [5.41, 5.74) is 0.714. The molecule has 144 valence electrons. The van der Waals surface area contributed by atoms with Gasteiger partial charge in [0.25, 0.3) is 15.9 Å². The summed E-state index contributed by atoms with van der Waals surface area (Å²) in [5.74, 6) is -0.842. The Kier molecular flexibility index (Phi) is 5.76. The number of benzene rings is 2. The van der Waals surface area contributed by atoms with Crippen LogP contribution in [0.5, 0.6) is 0 Å². The molecule has 0 spiro atoms. The van der Waals surface area contributed by atoms with Crippen molar-refractivity contribution in [2.45, 2.75) is 30.7 Å². The molecular formula is C19H22FN3O3S. The number of aryl methyl sites for hydroxylation is 1. The minimum absolute atomic E-state index is 0.00950. The molecule has 1 saturated heterocycles. The lowest BCUT2D eigenvalue weighted by molar-refractivity contribution is 0.0931. The minimum atomic E-state index is -3.96. The Hall–Kier alpha value is -2.45. The zero-order valence-electron chi connectivity index (χ0n) is 15.0. The van der Waals surface area contributed by atoms with Crippen molar-refractivity contribution in [3.8, 4) is 0 Å². The van der Waals surface area contributed by atoms with Gasteiger partial charge in [-0.15, -0.1) is 0 Å². The highest BCUT2D eigenvalue weighted by atomic mass is 32.2. The van der Waals surface area contributed by atoms with E-state index in [-0.39, 0.29) is 33.7 Å². The van der Waals surface area contributed by atoms with Crippen molar-refractivity contribution in [3.63, 3.8) is 0 Å². The molecule has 0 radical (unpaired) electrons. The second-order valence-corrected chi connectivity index (χ2v) is 8.23. The van der Waals surface area contributed by atoms with Crippen molar-refractivity contribution in [1.29, 1.82) is 0 Å². The van der Waals surface area contributed by atoms with E-state index in [1.54, 1.807) is 18.2 Å². The zero-order valence-corrected chi connectivity index (χ0v) is 15.8. The number of anilines is 1. The van der Waals surface area contributed by atoms with Crippen LogP contribution in [0.1, 0.15) is 28.8 Å². The summed E-state index contributed by atoms with van der Waals surface area (Å²) in [4.78, 5) is 12.6. The van der Waals surface area contributed by atoms with Crippen LogP contribution in [0.25, 0.3) is 0 Å². The van der Waals surface area contributed by atoms with Crippen molar-refractivity contribution in [2.75, 3.05) is 17.8 Å². The normalized spacial score (nSPS) is 17.3. The fraction of sp³-hybridized carbons (Fsp3) is 0.316. The van der Waals surface area contributed by atoms with Gasteiger partial charge in [0, 0.05) is 12.6 Å². The Balaban J connectivity index is 1.84. The van der Waals surface area contributed by atoms with Crippen molar-refractivity contribution in [1.82, 2.24) is 10.6 Å². The third-order valence-corrected chi connectivity index (χ3v) is 6.00. The predicted molar refractivity (Wildman–Crippen MR) is 102 cm³/mol. The first-order chi connectivity index (χ1) is 12.9. The van der Waals surface area contributed by atoms with Gasteiger partial charge in [-0.05, 0) is 62.2 Å². The number of nitrogens with one attached hydrogen (secondary N) is 3. The molecule has 8 heteroatoms. The van der Waals surface area contributed by atoms with Crippen LogP contribution < -0.4 is 15.4 Å². The number of carbonyl (C=O) groups excluding carboxylic acids is 1. The molecule has 3 N–H and O–H groups in total. The average molecular weight is 391 g/mol. The highest BCUT2D eigenvalue weighted by Crippen LogP contribution is 2.23. The molecule has 2 aromatic rings. The molecule has 1 heterocycles. The molecule has 0 saturated carbocycles. The smallest absolute Gasteiger partial charge is 0.262 e. The summed E-state index contributed by atoms with van der Waals surface area (Å²) in [6.45, 7) is 3.14. The van der Waals surface area contributed by atoms with Crippen molar-refractivity contribution < 1.29 is 17.6 Å². The summed E-state index contributed by atoms with van der Waals surface area (Å²) in [7, 11) is -3.96. The first kappa shape index (κ1) is 19.3. The van der Waals surface area contributed by atoms with Crippen LogP contribution in [0.3, 0.4) is 0 Å². The number of sulfonamides is 1. The number of amides is 1. The summed E-state index contributed by atoms with van der Waals surface area (Å²) < 4.78 is 41.2. The molecule has 0 bridgehead atoms. The van der Waals surface area contributed by atoms with Gasteiger partial charge >= 0.3 is 0 Å². The molecule has 1 aliphatic rings. The van der Waals surface area contributed by atoms with E-state index in [0.29, 0.717) is 6.54 Å². The van der Waals surface area contributed by atoms with E-state index in [9.17, 15) is 17.6 Å². The molecule has 1 aliphatic heterocycles. The zero-order chi connectivity index (χ0) is 19.4. The number of piperidine rings is 1. The Bertz CT molecular complexity index is 941.